The number of nitrogens with one attached hydrogen (secondary N) is 1. The van der Waals surface area contributed by atoms with Gasteiger partial charge in [0.15, 0.2) is 5.69 Å². The topological polar surface area (TPSA) is 67.2 Å². The number of aromatic nitrogens is 2. The standard InChI is InChI=1S/C18H23N3O2S/c1-12-6-13(2)8-15(7-12)21-14(3)9-16(20-21)17(22)19-10-18(23)4-5-24-11-18/h6-9,23H,4-5,10-11H2,1-3H3,(H,19,22). The van der Waals surface area contributed by atoms with E-state index in [0.717, 1.165) is 28.3 Å². The maximum Gasteiger partial charge on any atom is 0.271 e. The second kappa shape index (κ2) is 6.61. The van der Waals surface area contributed by atoms with Gasteiger partial charge in [-0.3, -0.25) is 4.79 Å². The first-order chi connectivity index (χ1) is 11.4. The summed E-state index contributed by atoms with van der Waals surface area (Å²) in [6.45, 7) is 6.30. The molecule has 1 aromatic heterocycles. The lowest BCUT2D eigenvalue weighted by molar-refractivity contribution is 0.0610. The van der Waals surface area contributed by atoms with E-state index in [9.17, 15) is 9.90 Å². The monoisotopic (exact) mass is 345 g/mol. The number of carbonyl (C=O) groups excluding carboxylic acids is 1. The Morgan fingerprint density at radius 3 is 2.62 bits per heavy atom. The molecule has 0 aliphatic carbocycles. The third-order valence-corrected chi connectivity index (χ3v) is 5.47. The predicted octanol–water partition coefficient (Wildman–Crippen LogP) is 2.40. The van der Waals surface area contributed by atoms with Crippen LogP contribution in [0.1, 0.15) is 33.7 Å². The van der Waals surface area contributed by atoms with Crippen molar-refractivity contribution in [3.8, 4) is 5.69 Å². The van der Waals surface area contributed by atoms with Gasteiger partial charge in [-0.05, 0) is 62.3 Å². The smallest absolute Gasteiger partial charge is 0.271 e. The highest BCUT2D eigenvalue weighted by molar-refractivity contribution is 7.99. The number of aryl methyl sites for hydroxylation is 3. The summed E-state index contributed by atoms with van der Waals surface area (Å²) in [5.41, 5.74) is 3.76. The van der Waals surface area contributed by atoms with Gasteiger partial charge in [0.05, 0.1) is 11.3 Å². The van der Waals surface area contributed by atoms with Crippen LogP contribution in [0, 0.1) is 20.8 Å². The molecule has 1 unspecified atom stereocenters. The minimum Gasteiger partial charge on any atom is -0.387 e. The Hall–Kier alpha value is -1.79. The first kappa shape index (κ1) is 17.0. The quantitative estimate of drug-likeness (QED) is 0.893. The summed E-state index contributed by atoms with van der Waals surface area (Å²) in [4.78, 5) is 12.4. The number of benzene rings is 1. The normalized spacial score (nSPS) is 20.3. The van der Waals surface area contributed by atoms with Crippen molar-refractivity contribution < 1.29 is 9.90 Å². The van der Waals surface area contributed by atoms with Crippen molar-refractivity contribution in [2.24, 2.45) is 0 Å². The summed E-state index contributed by atoms with van der Waals surface area (Å²) in [6, 6.07) is 7.98. The molecule has 6 heteroatoms. The molecule has 2 aromatic rings. The fourth-order valence-electron chi connectivity index (χ4n) is 2.99. The number of thioether (sulfide) groups is 1. The maximum absolute atomic E-state index is 12.4. The van der Waals surface area contributed by atoms with Crippen LogP contribution in [0.25, 0.3) is 5.69 Å². The van der Waals surface area contributed by atoms with Gasteiger partial charge in [-0.25, -0.2) is 4.68 Å². The van der Waals surface area contributed by atoms with Gasteiger partial charge in [0.1, 0.15) is 0 Å². The summed E-state index contributed by atoms with van der Waals surface area (Å²) in [7, 11) is 0. The molecule has 1 aliphatic rings. The van der Waals surface area contributed by atoms with E-state index in [0.29, 0.717) is 17.9 Å². The summed E-state index contributed by atoms with van der Waals surface area (Å²) in [6.07, 6.45) is 0.716. The average Bonchev–Trinajstić information content (AvgIpc) is 3.11. The number of carbonyl (C=O) groups is 1. The molecular formula is C18H23N3O2S. The second-order valence-electron chi connectivity index (χ2n) is 6.64. The van der Waals surface area contributed by atoms with Crippen molar-refractivity contribution in [1.82, 2.24) is 15.1 Å². The van der Waals surface area contributed by atoms with Gasteiger partial charge in [0.25, 0.3) is 5.91 Å². The highest BCUT2D eigenvalue weighted by atomic mass is 32.2. The molecule has 0 saturated carbocycles. The average molecular weight is 345 g/mol. The molecule has 1 saturated heterocycles. The maximum atomic E-state index is 12.4. The molecule has 2 heterocycles. The van der Waals surface area contributed by atoms with Crippen molar-refractivity contribution >= 4 is 17.7 Å². The van der Waals surface area contributed by atoms with E-state index in [1.165, 1.54) is 0 Å². The number of amides is 1. The lowest BCUT2D eigenvalue weighted by atomic mass is 10.0. The molecule has 2 N–H and O–H groups in total. The van der Waals surface area contributed by atoms with Crippen molar-refractivity contribution in [2.45, 2.75) is 32.8 Å². The fraction of sp³-hybridized carbons (Fsp3) is 0.444. The number of hydrogen-bond acceptors (Lipinski definition) is 4. The Labute approximate surface area is 146 Å². The van der Waals surface area contributed by atoms with Crippen LogP contribution in [0.15, 0.2) is 24.3 Å². The molecule has 0 radical (unpaired) electrons. The summed E-state index contributed by atoms with van der Waals surface area (Å²) in [5.74, 6) is 1.36. The Morgan fingerprint density at radius 1 is 1.29 bits per heavy atom. The van der Waals surface area contributed by atoms with E-state index in [1.54, 1.807) is 22.5 Å². The lowest BCUT2D eigenvalue weighted by Gasteiger charge is -2.21. The van der Waals surface area contributed by atoms with Gasteiger partial charge in [0, 0.05) is 18.0 Å². The van der Waals surface area contributed by atoms with Gasteiger partial charge < -0.3 is 10.4 Å². The van der Waals surface area contributed by atoms with Crippen LogP contribution < -0.4 is 5.32 Å². The number of aliphatic hydroxyl groups is 1. The van der Waals surface area contributed by atoms with Crippen LogP contribution in [-0.2, 0) is 0 Å². The first-order valence-electron chi connectivity index (χ1n) is 8.10. The van der Waals surface area contributed by atoms with E-state index in [4.69, 9.17) is 0 Å². The van der Waals surface area contributed by atoms with Crippen LogP contribution in [-0.4, -0.2) is 44.4 Å². The van der Waals surface area contributed by atoms with Crippen molar-refractivity contribution in [3.63, 3.8) is 0 Å². The molecule has 128 valence electrons. The molecule has 1 aliphatic heterocycles. The van der Waals surface area contributed by atoms with Crippen LogP contribution in [0.4, 0.5) is 0 Å². The van der Waals surface area contributed by atoms with E-state index in [1.807, 2.05) is 32.9 Å². The molecule has 1 fully saturated rings. The lowest BCUT2D eigenvalue weighted by Crippen LogP contribution is -2.43. The van der Waals surface area contributed by atoms with Crippen molar-refractivity contribution in [2.75, 3.05) is 18.1 Å². The van der Waals surface area contributed by atoms with E-state index >= 15 is 0 Å². The molecule has 24 heavy (non-hydrogen) atoms. The molecular weight excluding hydrogens is 322 g/mol. The highest BCUT2D eigenvalue weighted by Crippen LogP contribution is 2.27. The molecule has 3 rings (SSSR count). The zero-order chi connectivity index (χ0) is 17.3. The zero-order valence-electron chi connectivity index (χ0n) is 14.3. The molecule has 1 amide bonds. The minimum absolute atomic E-state index is 0.244. The van der Waals surface area contributed by atoms with Gasteiger partial charge in [0.2, 0.25) is 0 Å². The third kappa shape index (κ3) is 3.65. The minimum atomic E-state index is -0.786. The SMILES string of the molecule is Cc1cc(C)cc(-n2nc(C(=O)NCC3(O)CCSC3)cc2C)c1. The Bertz CT molecular complexity index is 743. The number of nitrogens with zero attached hydrogens (tertiary/aromatic N) is 2. The number of hydrogen-bond donors (Lipinski definition) is 2. The molecule has 5 nitrogen and oxygen atoms in total. The molecule has 1 atom stereocenters. The van der Waals surface area contributed by atoms with Gasteiger partial charge in [-0.1, -0.05) is 6.07 Å². The fourth-order valence-corrected chi connectivity index (χ4v) is 4.29. The molecule has 0 spiro atoms. The van der Waals surface area contributed by atoms with Gasteiger partial charge in [-0.2, -0.15) is 16.9 Å². The van der Waals surface area contributed by atoms with Crippen LogP contribution in [0.5, 0.6) is 0 Å². The summed E-state index contributed by atoms with van der Waals surface area (Å²) < 4.78 is 1.79. The first-order valence-corrected chi connectivity index (χ1v) is 9.25. The van der Waals surface area contributed by atoms with Crippen LogP contribution in [0.3, 0.4) is 0 Å². The zero-order valence-corrected chi connectivity index (χ0v) is 15.1. The van der Waals surface area contributed by atoms with E-state index in [2.05, 4.69) is 16.5 Å². The van der Waals surface area contributed by atoms with Crippen molar-refractivity contribution in [3.05, 3.63) is 46.8 Å². The molecule has 1 aromatic carbocycles. The predicted molar refractivity (Wildman–Crippen MR) is 97.0 cm³/mol. The van der Waals surface area contributed by atoms with Gasteiger partial charge in [-0.15, -0.1) is 0 Å². The van der Waals surface area contributed by atoms with E-state index in [-0.39, 0.29) is 12.5 Å². The van der Waals surface area contributed by atoms with Crippen LogP contribution in [0.2, 0.25) is 0 Å². The third-order valence-electron chi connectivity index (χ3n) is 4.23. The Morgan fingerprint density at radius 2 is 2.00 bits per heavy atom. The largest absolute Gasteiger partial charge is 0.387 e. The van der Waals surface area contributed by atoms with E-state index < -0.39 is 5.60 Å². The summed E-state index contributed by atoms with van der Waals surface area (Å²) in [5, 5.41) is 17.6. The number of rotatable bonds is 4. The highest BCUT2D eigenvalue weighted by Gasteiger charge is 2.32. The summed E-state index contributed by atoms with van der Waals surface area (Å²) >= 11 is 1.71. The van der Waals surface area contributed by atoms with Gasteiger partial charge >= 0.3 is 0 Å². The Kier molecular flexibility index (Phi) is 4.69. The molecule has 0 bridgehead atoms. The second-order valence-corrected chi connectivity index (χ2v) is 7.74. The van der Waals surface area contributed by atoms with Crippen molar-refractivity contribution in [1.29, 1.82) is 0 Å². The van der Waals surface area contributed by atoms with Crippen LogP contribution >= 0.6 is 11.8 Å². The Balaban J connectivity index is 1.76.